The Kier molecular flexibility index (Phi) is 6.54. The second-order valence-corrected chi connectivity index (χ2v) is 10.7. The van der Waals surface area contributed by atoms with Gasteiger partial charge in [-0.25, -0.2) is 0 Å². The summed E-state index contributed by atoms with van der Waals surface area (Å²) in [5.41, 5.74) is 1.61. The van der Waals surface area contributed by atoms with Gasteiger partial charge in [-0.05, 0) is 77.4 Å². The van der Waals surface area contributed by atoms with E-state index >= 15 is 0 Å². The molecule has 2 fully saturated rings. The van der Waals surface area contributed by atoms with Crippen LogP contribution in [0.5, 0.6) is 0 Å². The maximum atomic E-state index is 4.81. The van der Waals surface area contributed by atoms with E-state index in [2.05, 4.69) is 69.2 Å². The summed E-state index contributed by atoms with van der Waals surface area (Å²) >= 11 is 0. The molecular formula is C25H46. The van der Waals surface area contributed by atoms with Crippen molar-refractivity contribution < 1.29 is 0 Å². The van der Waals surface area contributed by atoms with Crippen molar-refractivity contribution in [2.45, 2.75) is 75.7 Å². The van der Waals surface area contributed by atoms with Crippen LogP contribution in [0, 0.1) is 71.0 Å². The smallest absolute Gasteiger partial charge is 0.0146 e. The maximum Gasteiger partial charge on any atom is -0.0146 e. The van der Waals surface area contributed by atoms with E-state index in [0.29, 0.717) is 11.8 Å². The summed E-state index contributed by atoms with van der Waals surface area (Å²) in [6, 6.07) is 0. The van der Waals surface area contributed by atoms with Crippen LogP contribution in [0.25, 0.3) is 0 Å². The fourth-order valence-electron chi connectivity index (χ4n) is 6.65. The van der Waals surface area contributed by atoms with Gasteiger partial charge in [0, 0.05) is 0 Å². The van der Waals surface area contributed by atoms with Crippen LogP contribution >= 0.6 is 0 Å². The van der Waals surface area contributed by atoms with Crippen LogP contribution in [-0.2, 0) is 0 Å². The molecule has 2 aliphatic carbocycles. The first-order chi connectivity index (χ1) is 11.5. The zero-order valence-corrected chi connectivity index (χ0v) is 18.8. The molecule has 25 heavy (non-hydrogen) atoms. The minimum absolute atomic E-state index is 0.705. The van der Waals surface area contributed by atoms with E-state index < -0.39 is 0 Å². The molecule has 0 aromatic carbocycles. The molecule has 0 heteroatoms. The molecule has 0 aromatic rings. The molecule has 10 unspecified atom stereocenters. The third kappa shape index (κ3) is 3.61. The van der Waals surface area contributed by atoms with E-state index in [1.54, 1.807) is 5.57 Å². The van der Waals surface area contributed by atoms with Gasteiger partial charge in [-0.3, -0.25) is 0 Å². The molecule has 2 aliphatic rings. The molecule has 0 amide bonds. The van der Waals surface area contributed by atoms with Crippen molar-refractivity contribution in [1.29, 1.82) is 0 Å². The molecule has 0 radical (unpaired) electrons. The Morgan fingerprint density at radius 3 is 1.36 bits per heavy atom. The summed E-state index contributed by atoms with van der Waals surface area (Å²) in [6.45, 7) is 29.8. The minimum atomic E-state index is 0.705. The van der Waals surface area contributed by atoms with E-state index in [-0.39, 0.29) is 0 Å². The average molecular weight is 347 g/mol. The standard InChI is InChI=1S/C25H46/c1-13-12-24(20(8)17(5)15(3)14(13)2)23(11)25-21(9)18(6)16(4)19(7)22(25)10/h13-22,24-25H,11-12H2,1-10H3. The van der Waals surface area contributed by atoms with E-state index in [4.69, 9.17) is 6.58 Å². The third-order valence-corrected chi connectivity index (χ3v) is 10.0. The lowest BCUT2D eigenvalue weighted by atomic mass is 9.55. The summed E-state index contributed by atoms with van der Waals surface area (Å²) in [5, 5.41) is 0. The van der Waals surface area contributed by atoms with Crippen molar-refractivity contribution in [1.82, 2.24) is 0 Å². The van der Waals surface area contributed by atoms with Gasteiger partial charge in [-0.15, -0.1) is 0 Å². The number of hydrogen-bond donors (Lipinski definition) is 0. The normalized spacial score (nSPS) is 54.8. The summed E-state index contributed by atoms with van der Waals surface area (Å²) in [7, 11) is 0. The number of rotatable bonds is 2. The molecule has 0 N–H and O–H groups in total. The molecule has 0 spiro atoms. The van der Waals surface area contributed by atoms with E-state index in [0.717, 1.165) is 59.2 Å². The first-order valence-electron chi connectivity index (χ1n) is 11.2. The molecule has 0 bridgehead atoms. The largest absolute Gasteiger partial charge is 0.0993 e. The van der Waals surface area contributed by atoms with Crippen LogP contribution in [0.4, 0.5) is 0 Å². The molecule has 2 rings (SSSR count). The predicted octanol–water partition coefficient (Wildman–Crippen LogP) is 7.55. The van der Waals surface area contributed by atoms with E-state index in [1.807, 2.05) is 0 Å². The van der Waals surface area contributed by atoms with Crippen molar-refractivity contribution >= 4 is 0 Å². The minimum Gasteiger partial charge on any atom is -0.0993 e. The van der Waals surface area contributed by atoms with Gasteiger partial charge < -0.3 is 0 Å². The highest BCUT2D eigenvalue weighted by Gasteiger charge is 2.46. The SMILES string of the molecule is C=C(C1CC(C)C(C)C(C)C(C)C1C)C1C(C)C(C)C(C)C(C)C1C. The highest BCUT2D eigenvalue weighted by Crippen LogP contribution is 2.53. The Hall–Kier alpha value is -0.260. The molecule has 0 nitrogen and oxygen atoms in total. The van der Waals surface area contributed by atoms with Crippen LogP contribution in [0.1, 0.15) is 75.7 Å². The van der Waals surface area contributed by atoms with Gasteiger partial charge in [0.1, 0.15) is 0 Å². The Balaban J connectivity index is 2.31. The lowest BCUT2D eigenvalue weighted by Crippen LogP contribution is -2.43. The summed E-state index contributed by atoms with van der Waals surface area (Å²) in [5.74, 6) is 9.42. The molecule has 146 valence electrons. The molecule has 2 saturated carbocycles. The van der Waals surface area contributed by atoms with Gasteiger partial charge >= 0.3 is 0 Å². The summed E-state index contributed by atoms with van der Waals surface area (Å²) in [6.07, 6.45) is 1.35. The van der Waals surface area contributed by atoms with Gasteiger partial charge in [0.15, 0.2) is 0 Å². The van der Waals surface area contributed by atoms with Crippen LogP contribution in [0.15, 0.2) is 12.2 Å². The van der Waals surface area contributed by atoms with Crippen molar-refractivity contribution in [3.05, 3.63) is 12.2 Å². The lowest BCUT2D eigenvalue weighted by Gasteiger charge is -2.50. The molecule has 0 heterocycles. The van der Waals surface area contributed by atoms with Gasteiger partial charge in [0.25, 0.3) is 0 Å². The van der Waals surface area contributed by atoms with Gasteiger partial charge in [-0.2, -0.15) is 0 Å². The molecule has 0 aromatic heterocycles. The predicted molar refractivity (Wildman–Crippen MR) is 112 cm³/mol. The molecule has 10 atom stereocenters. The number of allylic oxidation sites excluding steroid dienone is 1. The quantitative estimate of drug-likeness (QED) is 0.357. The Labute approximate surface area is 159 Å². The van der Waals surface area contributed by atoms with Gasteiger partial charge in [0.2, 0.25) is 0 Å². The first-order valence-corrected chi connectivity index (χ1v) is 11.2. The monoisotopic (exact) mass is 346 g/mol. The van der Waals surface area contributed by atoms with Crippen LogP contribution in [-0.4, -0.2) is 0 Å². The molecular weight excluding hydrogens is 300 g/mol. The second-order valence-electron chi connectivity index (χ2n) is 10.7. The topological polar surface area (TPSA) is 0 Å². The fourth-order valence-corrected chi connectivity index (χ4v) is 6.65. The second kappa shape index (κ2) is 7.77. The van der Waals surface area contributed by atoms with E-state index in [1.165, 1.54) is 6.42 Å². The van der Waals surface area contributed by atoms with Crippen LogP contribution < -0.4 is 0 Å². The molecule has 0 aliphatic heterocycles. The summed E-state index contributed by atoms with van der Waals surface area (Å²) in [4.78, 5) is 0. The Morgan fingerprint density at radius 1 is 0.520 bits per heavy atom. The molecule has 0 saturated heterocycles. The first kappa shape index (κ1) is 21.0. The Morgan fingerprint density at radius 2 is 0.880 bits per heavy atom. The van der Waals surface area contributed by atoms with Gasteiger partial charge in [0.05, 0.1) is 0 Å². The van der Waals surface area contributed by atoms with Crippen molar-refractivity contribution in [2.75, 3.05) is 0 Å². The van der Waals surface area contributed by atoms with Crippen molar-refractivity contribution in [3.8, 4) is 0 Å². The van der Waals surface area contributed by atoms with Crippen LogP contribution in [0.2, 0.25) is 0 Å². The zero-order valence-electron chi connectivity index (χ0n) is 18.8. The van der Waals surface area contributed by atoms with Crippen molar-refractivity contribution in [3.63, 3.8) is 0 Å². The number of hydrogen-bond acceptors (Lipinski definition) is 0. The van der Waals surface area contributed by atoms with Crippen molar-refractivity contribution in [2.24, 2.45) is 71.0 Å². The zero-order chi connectivity index (χ0) is 19.2. The Bertz CT molecular complexity index is 447. The average Bonchev–Trinajstić information content (AvgIpc) is 2.65. The van der Waals surface area contributed by atoms with Crippen LogP contribution in [0.3, 0.4) is 0 Å². The van der Waals surface area contributed by atoms with E-state index in [9.17, 15) is 0 Å². The highest BCUT2D eigenvalue weighted by atomic mass is 14.5. The maximum absolute atomic E-state index is 4.81. The highest BCUT2D eigenvalue weighted by molar-refractivity contribution is 5.14. The van der Waals surface area contributed by atoms with Gasteiger partial charge in [-0.1, -0.05) is 81.4 Å². The third-order valence-electron chi connectivity index (χ3n) is 10.0. The fraction of sp³-hybridized carbons (Fsp3) is 0.920. The summed E-state index contributed by atoms with van der Waals surface area (Å²) < 4.78 is 0. The lowest BCUT2D eigenvalue weighted by molar-refractivity contribution is 0.0302.